The second-order valence-corrected chi connectivity index (χ2v) is 6.28. The molecule has 1 N–H and O–H groups in total. The molecule has 2 aromatic heterocycles. The highest BCUT2D eigenvalue weighted by Crippen LogP contribution is 2.29. The Bertz CT molecular complexity index is 788. The summed E-state index contributed by atoms with van der Waals surface area (Å²) in [6.07, 6.45) is 1.58. The number of nitrogens with zero attached hydrogens (tertiary/aromatic N) is 2. The van der Waals surface area contributed by atoms with E-state index in [0.29, 0.717) is 11.6 Å². The van der Waals surface area contributed by atoms with Crippen molar-refractivity contribution in [3.8, 4) is 5.75 Å². The van der Waals surface area contributed by atoms with Gasteiger partial charge in [0, 0.05) is 22.0 Å². The average molecular weight is 320 g/mol. The molecule has 0 bridgehead atoms. The Hall–Kier alpha value is -1.85. The van der Waals surface area contributed by atoms with Gasteiger partial charge < -0.3 is 10.1 Å². The fourth-order valence-electron chi connectivity index (χ4n) is 2.18. The van der Waals surface area contributed by atoms with Crippen LogP contribution in [0.2, 0.25) is 5.02 Å². The Kier molecular flexibility index (Phi) is 3.94. The van der Waals surface area contributed by atoms with Gasteiger partial charge in [0.15, 0.2) is 0 Å². The van der Waals surface area contributed by atoms with Gasteiger partial charge in [-0.25, -0.2) is 9.97 Å². The molecular weight excluding hydrogens is 306 g/mol. The van der Waals surface area contributed by atoms with Crippen molar-refractivity contribution in [2.45, 2.75) is 13.5 Å². The van der Waals surface area contributed by atoms with Gasteiger partial charge in [0.2, 0.25) is 0 Å². The van der Waals surface area contributed by atoms with Crippen LogP contribution in [0.15, 0.2) is 30.6 Å². The zero-order chi connectivity index (χ0) is 14.8. The van der Waals surface area contributed by atoms with Crippen molar-refractivity contribution >= 4 is 39.0 Å². The molecule has 0 aliphatic rings. The molecular formula is C15H14ClN3OS. The molecule has 0 amide bonds. The first-order valence-electron chi connectivity index (χ1n) is 6.45. The number of nitrogens with one attached hydrogen (secondary N) is 1. The number of ether oxygens (including phenoxy) is 1. The van der Waals surface area contributed by atoms with Gasteiger partial charge in [0.1, 0.15) is 22.7 Å². The molecule has 4 nitrogen and oxygen atoms in total. The maximum Gasteiger partial charge on any atom is 0.138 e. The van der Waals surface area contributed by atoms with Gasteiger partial charge in [-0.3, -0.25) is 0 Å². The number of aromatic nitrogens is 2. The molecule has 6 heteroatoms. The second kappa shape index (κ2) is 5.87. The fourth-order valence-corrected chi connectivity index (χ4v) is 3.22. The molecule has 108 valence electrons. The van der Waals surface area contributed by atoms with Crippen molar-refractivity contribution in [3.05, 3.63) is 46.1 Å². The van der Waals surface area contributed by atoms with E-state index in [1.165, 1.54) is 4.88 Å². The molecule has 3 aromatic rings. The highest BCUT2D eigenvalue weighted by atomic mass is 35.5. The Morgan fingerprint density at radius 3 is 2.95 bits per heavy atom. The maximum absolute atomic E-state index is 6.05. The summed E-state index contributed by atoms with van der Waals surface area (Å²) in [5, 5.41) is 5.07. The lowest BCUT2D eigenvalue weighted by Crippen LogP contribution is -2.03. The highest BCUT2D eigenvalue weighted by molar-refractivity contribution is 7.18. The second-order valence-electron chi connectivity index (χ2n) is 4.61. The van der Waals surface area contributed by atoms with Gasteiger partial charge in [0.05, 0.1) is 12.5 Å². The molecule has 21 heavy (non-hydrogen) atoms. The molecule has 0 fully saturated rings. The Morgan fingerprint density at radius 2 is 2.14 bits per heavy atom. The topological polar surface area (TPSA) is 47.0 Å². The van der Waals surface area contributed by atoms with Crippen LogP contribution < -0.4 is 10.1 Å². The fraction of sp³-hybridized carbons (Fsp3) is 0.200. The predicted octanol–water partition coefficient (Wildman–Crippen LogP) is 4.27. The van der Waals surface area contributed by atoms with E-state index in [2.05, 4.69) is 28.3 Å². The molecule has 0 unspecified atom stereocenters. The molecule has 0 saturated heterocycles. The summed E-state index contributed by atoms with van der Waals surface area (Å²) in [4.78, 5) is 10.8. The van der Waals surface area contributed by atoms with Crippen molar-refractivity contribution in [2.75, 3.05) is 12.4 Å². The van der Waals surface area contributed by atoms with Crippen LogP contribution in [0.4, 0.5) is 5.82 Å². The van der Waals surface area contributed by atoms with Gasteiger partial charge in [0.25, 0.3) is 0 Å². The van der Waals surface area contributed by atoms with Crippen LogP contribution in [0.1, 0.15) is 10.4 Å². The van der Waals surface area contributed by atoms with Crippen LogP contribution in [-0.2, 0) is 6.54 Å². The highest BCUT2D eigenvalue weighted by Gasteiger charge is 2.08. The molecule has 3 rings (SSSR count). The van der Waals surface area contributed by atoms with E-state index in [9.17, 15) is 0 Å². The molecule has 1 aromatic carbocycles. The lowest BCUT2D eigenvalue weighted by molar-refractivity contribution is 0.410. The molecule has 0 spiro atoms. The number of anilines is 1. The summed E-state index contributed by atoms with van der Waals surface area (Å²) < 4.78 is 5.35. The Morgan fingerprint density at radius 1 is 1.29 bits per heavy atom. The number of rotatable bonds is 4. The third-order valence-electron chi connectivity index (χ3n) is 3.14. The van der Waals surface area contributed by atoms with Crippen LogP contribution in [0, 0.1) is 6.92 Å². The quantitative estimate of drug-likeness (QED) is 0.780. The molecule has 0 saturated carbocycles. The third-order valence-corrected chi connectivity index (χ3v) is 4.33. The van der Waals surface area contributed by atoms with Gasteiger partial charge in [-0.1, -0.05) is 11.6 Å². The van der Waals surface area contributed by atoms with Crippen LogP contribution in [0.25, 0.3) is 10.2 Å². The first kappa shape index (κ1) is 14.1. The minimum absolute atomic E-state index is 0.588. The summed E-state index contributed by atoms with van der Waals surface area (Å²) in [5.41, 5.74) is 0.990. The number of hydrogen-bond donors (Lipinski definition) is 1. The van der Waals surface area contributed by atoms with E-state index in [1.807, 2.05) is 18.2 Å². The summed E-state index contributed by atoms with van der Waals surface area (Å²) in [6.45, 7) is 2.65. The van der Waals surface area contributed by atoms with E-state index in [0.717, 1.165) is 27.3 Å². The zero-order valence-electron chi connectivity index (χ0n) is 11.7. The zero-order valence-corrected chi connectivity index (χ0v) is 13.3. The normalized spacial score (nSPS) is 10.8. The van der Waals surface area contributed by atoms with Crippen molar-refractivity contribution in [3.63, 3.8) is 0 Å². The number of benzene rings is 1. The van der Waals surface area contributed by atoms with Gasteiger partial charge in [-0.05, 0) is 31.2 Å². The third kappa shape index (κ3) is 2.94. The molecule has 0 aliphatic heterocycles. The number of aryl methyl sites for hydroxylation is 1. The summed E-state index contributed by atoms with van der Waals surface area (Å²) in [6, 6.07) is 7.67. The van der Waals surface area contributed by atoms with E-state index in [4.69, 9.17) is 16.3 Å². The molecule has 2 heterocycles. The van der Waals surface area contributed by atoms with Gasteiger partial charge >= 0.3 is 0 Å². The SMILES string of the molecule is COc1ccc(Cl)cc1CNc1ncnc2sc(C)cc12. The summed E-state index contributed by atoms with van der Waals surface area (Å²) in [5.74, 6) is 1.63. The number of methoxy groups -OCH3 is 1. The van der Waals surface area contributed by atoms with Crippen LogP contribution in [-0.4, -0.2) is 17.1 Å². The van der Waals surface area contributed by atoms with Crippen molar-refractivity contribution < 1.29 is 4.74 Å². The Labute approximate surface area is 131 Å². The van der Waals surface area contributed by atoms with Gasteiger partial charge in [-0.15, -0.1) is 11.3 Å². The smallest absolute Gasteiger partial charge is 0.138 e. The molecule has 0 aliphatic carbocycles. The summed E-state index contributed by atoms with van der Waals surface area (Å²) in [7, 11) is 1.65. The van der Waals surface area contributed by atoms with Crippen LogP contribution >= 0.6 is 22.9 Å². The van der Waals surface area contributed by atoms with Crippen LogP contribution in [0.3, 0.4) is 0 Å². The number of thiophene rings is 1. The summed E-state index contributed by atoms with van der Waals surface area (Å²) >= 11 is 7.71. The minimum atomic E-state index is 0.588. The van der Waals surface area contributed by atoms with E-state index in [1.54, 1.807) is 24.8 Å². The average Bonchev–Trinajstić information content (AvgIpc) is 2.86. The van der Waals surface area contributed by atoms with Crippen LogP contribution in [0.5, 0.6) is 5.75 Å². The van der Waals surface area contributed by atoms with Crippen molar-refractivity contribution in [2.24, 2.45) is 0 Å². The first-order valence-corrected chi connectivity index (χ1v) is 7.64. The number of hydrogen-bond acceptors (Lipinski definition) is 5. The standard InChI is InChI=1S/C15H14ClN3OS/c1-9-5-12-14(18-8-19-15(12)21-9)17-7-10-6-11(16)3-4-13(10)20-2/h3-6,8H,7H2,1-2H3,(H,17,18,19). The monoisotopic (exact) mass is 319 g/mol. The van der Waals surface area contributed by atoms with E-state index >= 15 is 0 Å². The Balaban J connectivity index is 1.88. The predicted molar refractivity (Wildman–Crippen MR) is 87.5 cm³/mol. The van der Waals surface area contributed by atoms with Gasteiger partial charge in [-0.2, -0.15) is 0 Å². The largest absolute Gasteiger partial charge is 0.496 e. The number of halogens is 1. The molecule has 0 radical (unpaired) electrons. The maximum atomic E-state index is 6.05. The van der Waals surface area contributed by atoms with Crippen molar-refractivity contribution in [1.82, 2.24) is 9.97 Å². The lowest BCUT2D eigenvalue weighted by Gasteiger charge is -2.11. The van der Waals surface area contributed by atoms with Crippen molar-refractivity contribution in [1.29, 1.82) is 0 Å². The van der Waals surface area contributed by atoms with E-state index < -0.39 is 0 Å². The molecule has 0 atom stereocenters. The number of fused-ring (bicyclic) bond motifs is 1. The minimum Gasteiger partial charge on any atom is -0.496 e. The first-order chi connectivity index (χ1) is 10.2. The van der Waals surface area contributed by atoms with E-state index in [-0.39, 0.29) is 0 Å². The lowest BCUT2D eigenvalue weighted by atomic mass is 10.2.